The monoisotopic (exact) mass is 527 g/mol. The Morgan fingerprint density at radius 1 is 1.00 bits per heavy atom. The molecule has 38 heavy (non-hydrogen) atoms. The minimum atomic E-state index is -0.857. The van der Waals surface area contributed by atoms with Crippen molar-refractivity contribution in [2.75, 3.05) is 19.4 Å². The van der Waals surface area contributed by atoms with Crippen LogP contribution in [0.2, 0.25) is 0 Å². The summed E-state index contributed by atoms with van der Waals surface area (Å²) in [5.41, 5.74) is 3.09. The molecule has 1 N–H and O–H groups in total. The van der Waals surface area contributed by atoms with E-state index in [2.05, 4.69) is 15.5 Å². The summed E-state index contributed by atoms with van der Waals surface area (Å²) in [4.78, 5) is 32.3. The highest BCUT2D eigenvalue weighted by Gasteiger charge is 2.44. The van der Waals surface area contributed by atoms with E-state index < -0.39 is 5.41 Å². The van der Waals surface area contributed by atoms with E-state index in [1.165, 1.54) is 11.3 Å². The number of aromatic nitrogens is 3. The number of para-hydroxylation sites is 1. The Morgan fingerprint density at radius 2 is 1.74 bits per heavy atom. The van der Waals surface area contributed by atoms with Crippen LogP contribution in [-0.2, 0) is 11.2 Å². The molecule has 0 saturated carbocycles. The first kappa shape index (κ1) is 25.5. The number of nitrogens with zero attached hydrogens (tertiary/aromatic N) is 4. The number of benzene rings is 2. The van der Waals surface area contributed by atoms with Gasteiger partial charge < -0.3 is 15.0 Å². The number of carbonyl (C=O) groups excluding carboxylic acids is 2. The van der Waals surface area contributed by atoms with E-state index in [0.29, 0.717) is 28.0 Å². The molecule has 1 aliphatic heterocycles. The summed E-state index contributed by atoms with van der Waals surface area (Å²) in [6.45, 7) is 5.86. The Kier molecular flexibility index (Phi) is 6.71. The summed E-state index contributed by atoms with van der Waals surface area (Å²) in [7, 11) is 3.45. The van der Waals surface area contributed by atoms with Crippen molar-refractivity contribution in [1.82, 2.24) is 20.1 Å². The molecule has 0 bridgehead atoms. The van der Waals surface area contributed by atoms with Crippen molar-refractivity contribution in [2.45, 2.75) is 33.1 Å². The van der Waals surface area contributed by atoms with Crippen molar-refractivity contribution in [3.8, 4) is 22.9 Å². The van der Waals surface area contributed by atoms with Crippen LogP contribution in [0.15, 0.2) is 60.7 Å². The molecule has 2 aromatic heterocycles. The Labute approximate surface area is 225 Å². The van der Waals surface area contributed by atoms with Crippen LogP contribution in [0.4, 0.5) is 5.13 Å². The molecule has 0 spiro atoms. The first-order chi connectivity index (χ1) is 18.2. The summed E-state index contributed by atoms with van der Waals surface area (Å²) < 4.78 is 6.25. The average molecular weight is 528 g/mol. The lowest BCUT2D eigenvalue weighted by Crippen LogP contribution is -2.38. The molecule has 194 valence electrons. The van der Waals surface area contributed by atoms with Gasteiger partial charge in [0.1, 0.15) is 10.8 Å². The van der Waals surface area contributed by atoms with Crippen LogP contribution in [0, 0.1) is 5.41 Å². The van der Waals surface area contributed by atoms with Gasteiger partial charge in [-0.15, -0.1) is 10.2 Å². The number of hydrogen-bond acceptors (Lipinski definition) is 7. The second-order valence-electron chi connectivity index (χ2n) is 9.97. The molecule has 5 rings (SSSR count). The molecule has 3 heterocycles. The molecule has 0 unspecified atom stereocenters. The third kappa shape index (κ3) is 4.65. The van der Waals surface area contributed by atoms with Gasteiger partial charge in [-0.25, -0.2) is 4.98 Å². The zero-order valence-corrected chi connectivity index (χ0v) is 22.8. The Morgan fingerprint density at radius 3 is 2.42 bits per heavy atom. The number of amides is 2. The van der Waals surface area contributed by atoms with Gasteiger partial charge in [0.25, 0.3) is 5.91 Å². The highest BCUT2D eigenvalue weighted by atomic mass is 32.1. The van der Waals surface area contributed by atoms with E-state index in [-0.39, 0.29) is 17.7 Å². The molecule has 1 atom stereocenters. The van der Waals surface area contributed by atoms with Crippen LogP contribution in [0.5, 0.6) is 11.6 Å². The number of ether oxygens (including phenoxy) is 1. The number of pyridine rings is 1. The molecule has 0 fully saturated rings. The van der Waals surface area contributed by atoms with Crippen molar-refractivity contribution in [3.63, 3.8) is 0 Å². The maximum Gasteiger partial charge on any atom is 0.253 e. The first-order valence-corrected chi connectivity index (χ1v) is 13.2. The van der Waals surface area contributed by atoms with E-state index in [9.17, 15) is 9.59 Å². The molecule has 4 aromatic rings. The molecule has 1 aliphatic rings. The molecular weight excluding hydrogens is 498 g/mol. The van der Waals surface area contributed by atoms with E-state index >= 15 is 0 Å². The van der Waals surface area contributed by atoms with Crippen LogP contribution in [0.25, 0.3) is 11.3 Å². The molecule has 9 heteroatoms. The number of anilines is 1. The van der Waals surface area contributed by atoms with Gasteiger partial charge in [0.05, 0.1) is 11.1 Å². The Hall–Kier alpha value is -4.11. The Bertz CT molecular complexity index is 1510. The van der Waals surface area contributed by atoms with Gasteiger partial charge in [-0.2, -0.15) is 0 Å². The SMILES string of the molecule is CCc1nnc(NC(=O)C(C)(C)[C@H]2c3ccccc3Oc3nc(-c4ccc(C(=O)N(C)C)cc4)ccc32)s1. The highest BCUT2D eigenvalue weighted by Crippen LogP contribution is 2.52. The molecule has 2 amide bonds. The van der Waals surface area contributed by atoms with Crippen LogP contribution in [0.1, 0.15) is 53.2 Å². The third-order valence-corrected chi connectivity index (χ3v) is 7.75. The van der Waals surface area contributed by atoms with E-state index in [1.54, 1.807) is 31.1 Å². The van der Waals surface area contributed by atoms with Gasteiger partial charge >= 0.3 is 0 Å². The summed E-state index contributed by atoms with van der Waals surface area (Å²) >= 11 is 1.38. The fourth-order valence-electron chi connectivity index (χ4n) is 4.65. The number of fused-ring (bicyclic) bond motifs is 2. The summed E-state index contributed by atoms with van der Waals surface area (Å²) in [6.07, 6.45) is 0.764. The fraction of sp³-hybridized carbons (Fsp3) is 0.276. The Balaban J connectivity index is 1.50. The topological polar surface area (TPSA) is 97.3 Å². The maximum atomic E-state index is 13.6. The summed E-state index contributed by atoms with van der Waals surface area (Å²) in [5, 5.41) is 12.6. The second-order valence-corrected chi connectivity index (χ2v) is 11.0. The lowest BCUT2D eigenvalue weighted by molar-refractivity contribution is -0.124. The first-order valence-electron chi connectivity index (χ1n) is 12.4. The molecule has 0 radical (unpaired) electrons. The lowest BCUT2D eigenvalue weighted by atomic mass is 9.69. The quantitative estimate of drug-likeness (QED) is 0.342. The normalized spacial score (nSPS) is 14.2. The van der Waals surface area contributed by atoms with Crippen LogP contribution in [-0.4, -0.2) is 46.0 Å². The van der Waals surface area contributed by atoms with Gasteiger partial charge in [0, 0.05) is 42.3 Å². The van der Waals surface area contributed by atoms with Gasteiger partial charge in [-0.3, -0.25) is 9.59 Å². The predicted molar refractivity (Wildman–Crippen MR) is 148 cm³/mol. The number of hydrogen-bond donors (Lipinski definition) is 1. The lowest BCUT2D eigenvalue weighted by Gasteiger charge is -2.37. The van der Waals surface area contributed by atoms with Gasteiger partial charge in [0.15, 0.2) is 0 Å². The zero-order chi connectivity index (χ0) is 27.0. The predicted octanol–water partition coefficient (Wildman–Crippen LogP) is 5.77. The molecule has 2 aromatic carbocycles. The van der Waals surface area contributed by atoms with Crippen LogP contribution in [0.3, 0.4) is 0 Å². The largest absolute Gasteiger partial charge is 0.438 e. The molecule has 8 nitrogen and oxygen atoms in total. The average Bonchev–Trinajstić information content (AvgIpc) is 3.38. The standard InChI is InChI=1S/C29H29N5O3S/c1-6-23-32-33-28(38-23)31-27(36)29(2,3)24-19-9-7-8-10-22(19)37-25-20(24)15-16-21(30-25)17-11-13-18(14-12-17)26(35)34(4)5/h7-16,24H,6H2,1-5H3,(H,31,33,36)/t24-/m0/s1. The minimum absolute atomic E-state index is 0.0577. The minimum Gasteiger partial charge on any atom is -0.438 e. The van der Waals surface area contributed by atoms with Crippen molar-refractivity contribution in [3.05, 3.63) is 82.4 Å². The van der Waals surface area contributed by atoms with E-state index in [4.69, 9.17) is 9.72 Å². The van der Waals surface area contributed by atoms with Crippen molar-refractivity contribution in [2.24, 2.45) is 5.41 Å². The number of aryl methyl sites for hydroxylation is 1. The summed E-state index contributed by atoms with van der Waals surface area (Å²) in [5.74, 6) is 0.617. The van der Waals surface area contributed by atoms with Crippen LogP contribution >= 0.6 is 11.3 Å². The maximum absolute atomic E-state index is 13.6. The second kappa shape index (κ2) is 9.98. The van der Waals surface area contributed by atoms with E-state index in [0.717, 1.165) is 28.1 Å². The molecule has 0 aliphatic carbocycles. The smallest absolute Gasteiger partial charge is 0.253 e. The molecule has 0 saturated heterocycles. The van der Waals surface area contributed by atoms with Crippen molar-refractivity contribution in [1.29, 1.82) is 0 Å². The van der Waals surface area contributed by atoms with Crippen molar-refractivity contribution >= 4 is 28.3 Å². The van der Waals surface area contributed by atoms with Crippen LogP contribution < -0.4 is 10.1 Å². The summed E-state index contributed by atoms with van der Waals surface area (Å²) in [6, 6.07) is 19.0. The van der Waals surface area contributed by atoms with Gasteiger partial charge in [-0.1, -0.05) is 68.5 Å². The molecular formula is C29H29N5O3S. The highest BCUT2D eigenvalue weighted by molar-refractivity contribution is 7.15. The van der Waals surface area contributed by atoms with E-state index in [1.807, 2.05) is 69.3 Å². The van der Waals surface area contributed by atoms with Gasteiger partial charge in [-0.05, 0) is 30.7 Å². The fourth-order valence-corrected chi connectivity index (χ4v) is 5.33. The zero-order valence-electron chi connectivity index (χ0n) is 22.0. The number of carbonyl (C=O) groups is 2. The third-order valence-electron chi connectivity index (χ3n) is 6.77. The number of rotatable bonds is 6. The van der Waals surface area contributed by atoms with Gasteiger partial charge in [0.2, 0.25) is 16.9 Å². The number of nitrogens with one attached hydrogen (secondary N) is 1. The van der Waals surface area contributed by atoms with Crippen molar-refractivity contribution < 1.29 is 14.3 Å².